The van der Waals surface area contributed by atoms with E-state index in [-0.39, 0.29) is 29.6 Å². The highest BCUT2D eigenvalue weighted by atomic mass is 16.4. The van der Waals surface area contributed by atoms with E-state index in [4.69, 9.17) is 4.42 Å². The van der Waals surface area contributed by atoms with Crippen molar-refractivity contribution in [3.8, 4) is 0 Å². The molecule has 0 bridgehead atoms. The van der Waals surface area contributed by atoms with Crippen molar-refractivity contribution in [2.45, 2.75) is 44.6 Å². The Hall–Kier alpha value is -2.63. The summed E-state index contributed by atoms with van der Waals surface area (Å²) < 4.78 is 5.19. The summed E-state index contributed by atoms with van der Waals surface area (Å²) in [5, 5.41) is 5.55. The van der Waals surface area contributed by atoms with Gasteiger partial charge in [0.2, 0.25) is 0 Å². The van der Waals surface area contributed by atoms with Crippen molar-refractivity contribution in [2.24, 2.45) is 0 Å². The Morgan fingerprint density at radius 3 is 2.42 bits per heavy atom. The normalized spacial score (nSPS) is 15.5. The van der Waals surface area contributed by atoms with Crippen LogP contribution in [0.15, 0.2) is 41.0 Å². The van der Waals surface area contributed by atoms with Gasteiger partial charge in [0.25, 0.3) is 11.8 Å². The molecule has 1 aromatic carbocycles. The van der Waals surface area contributed by atoms with Crippen molar-refractivity contribution in [3.05, 3.63) is 47.9 Å². The number of benzene rings is 1. The molecule has 1 heterocycles. The SMILES string of the molecule is O=C(Nc1nc(C(=O)NC2CCCCCC2)co1)c1ccccc1. The van der Waals surface area contributed by atoms with Crippen molar-refractivity contribution in [1.82, 2.24) is 10.3 Å². The van der Waals surface area contributed by atoms with Gasteiger partial charge in [-0.3, -0.25) is 14.9 Å². The summed E-state index contributed by atoms with van der Waals surface area (Å²) in [7, 11) is 0. The first kappa shape index (κ1) is 16.2. The first-order chi connectivity index (χ1) is 11.7. The second-order valence-corrected chi connectivity index (χ2v) is 6.02. The fraction of sp³-hybridized carbons (Fsp3) is 0.389. The number of carbonyl (C=O) groups is 2. The van der Waals surface area contributed by atoms with Crippen LogP contribution in [0.25, 0.3) is 0 Å². The first-order valence-corrected chi connectivity index (χ1v) is 8.35. The Kier molecular flexibility index (Phi) is 5.25. The Labute approximate surface area is 140 Å². The smallest absolute Gasteiger partial charge is 0.302 e. The Morgan fingerprint density at radius 1 is 1.00 bits per heavy atom. The molecular formula is C18H21N3O3. The molecule has 3 rings (SSSR count). The lowest BCUT2D eigenvalue weighted by atomic mass is 10.1. The van der Waals surface area contributed by atoms with Gasteiger partial charge in [0, 0.05) is 11.6 Å². The molecule has 1 saturated carbocycles. The van der Waals surface area contributed by atoms with E-state index in [1.165, 1.54) is 19.1 Å². The summed E-state index contributed by atoms with van der Waals surface area (Å²) >= 11 is 0. The second-order valence-electron chi connectivity index (χ2n) is 6.02. The molecule has 24 heavy (non-hydrogen) atoms. The lowest BCUT2D eigenvalue weighted by Crippen LogP contribution is -2.34. The van der Waals surface area contributed by atoms with Gasteiger partial charge in [-0.05, 0) is 25.0 Å². The summed E-state index contributed by atoms with van der Waals surface area (Å²) in [5.74, 6) is -0.584. The molecule has 0 spiro atoms. The molecule has 2 aromatic rings. The van der Waals surface area contributed by atoms with Gasteiger partial charge in [0.1, 0.15) is 6.26 Å². The molecule has 2 amide bonds. The number of hydrogen-bond donors (Lipinski definition) is 2. The summed E-state index contributed by atoms with van der Waals surface area (Å²) in [6, 6.07) is 8.98. The van der Waals surface area contributed by atoms with E-state index < -0.39 is 0 Å². The maximum atomic E-state index is 12.2. The van der Waals surface area contributed by atoms with Crippen LogP contribution in [0, 0.1) is 0 Å². The van der Waals surface area contributed by atoms with Crippen LogP contribution in [0.4, 0.5) is 6.01 Å². The number of anilines is 1. The number of hydrogen-bond acceptors (Lipinski definition) is 4. The van der Waals surface area contributed by atoms with Crippen LogP contribution in [0.2, 0.25) is 0 Å². The minimum absolute atomic E-state index is 0.0230. The fourth-order valence-corrected chi connectivity index (χ4v) is 2.88. The van der Waals surface area contributed by atoms with E-state index >= 15 is 0 Å². The van der Waals surface area contributed by atoms with E-state index in [9.17, 15) is 9.59 Å². The standard InChI is InChI=1S/C18H21N3O3/c22-16(13-8-4-3-5-9-13)21-18-20-15(12-24-18)17(23)19-14-10-6-1-2-7-11-14/h3-5,8-9,12,14H,1-2,6-7,10-11H2,(H,19,23)(H,20,21,22). The highest BCUT2D eigenvalue weighted by Gasteiger charge is 2.19. The van der Waals surface area contributed by atoms with Crippen LogP contribution in [0.1, 0.15) is 59.4 Å². The Balaban J connectivity index is 1.58. The summed E-state index contributed by atoms with van der Waals surface area (Å²) in [6.07, 6.45) is 8.01. The van der Waals surface area contributed by atoms with E-state index in [0.717, 1.165) is 25.7 Å². The van der Waals surface area contributed by atoms with Gasteiger partial charge in [0.15, 0.2) is 5.69 Å². The number of carbonyl (C=O) groups excluding carboxylic acids is 2. The van der Waals surface area contributed by atoms with Crippen molar-refractivity contribution >= 4 is 17.8 Å². The fourth-order valence-electron chi connectivity index (χ4n) is 2.88. The molecule has 1 aromatic heterocycles. The quantitative estimate of drug-likeness (QED) is 0.843. The van der Waals surface area contributed by atoms with Gasteiger partial charge in [-0.15, -0.1) is 0 Å². The first-order valence-electron chi connectivity index (χ1n) is 8.35. The zero-order chi connectivity index (χ0) is 16.8. The number of amides is 2. The number of nitrogens with zero attached hydrogens (tertiary/aromatic N) is 1. The van der Waals surface area contributed by atoms with Gasteiger partial charge in [0.05, 0.1) is 0 Å². The molecule has 0 unspecified atom stereocenters. The Bertz CT molecular complexity index is 689. The van der Waals surface area contributed by atoms with Crippen LogP contribution >= 0.6 is 0 Å². The van der Waals surface area contributed by atoms with E-state index in [1.807, 2.05) is 6.07 Å². The average Bonchev–Trinajstić information content (AvgIpc) is 2.92. The molecule has 6 heteroatoms. The average molecular weight is 327 g/mol. The second kappa shape index (κ2) is 7.77. The summed E-state index contributed by atoms with van der Waals surface area (Å²) in [4.78, 5) is 28.3. The van der Waals surface area contributed by atoms with Gasteiger partial charge in [-0.1, -0.05) is 43.9 Å². The summed E-state index contributed by atoms with van der Waals surface area (Å²) in [6.45, 7) is 0. The maximum absolute atomic E-state index is 12.2. The van der Waals surface area contributed by atoms with Gasteiger partial charge in [-0.2, -0.15) is 4.98 Å². The minimum Gasteiger partial charge on any atom is -0.431 e. The topological polar surface area (TPSA) is 84.2 Å². The van der Waals surface area contributed by atoms with Crippen LogP contribution in [-0.2, 0) is 0 Å². The number of nitrogens with one attached hydrogen (secondary N) is 2. The lowest BCUT2D eigenvalue weighted by Gasteiger charge is -2.14. The lowest BCUT2D eigenvalue weighted by molar-refractivity contribution is 0.0927. The largest absolute Gasteiger partial charge is 0.431 e. The molecule has 0 atom stereocenters. The predicted octanol–water partition coefficient (Wildman–Crippen LogP) is 3.38. The molecule has 1 fully saturated rings. The molecule has 1 aliphatic rings. The van der Waals surface area contributed by atoms with Gasteiger partial charge < -0.3 is 9.73 Å². The zero-order valence-corrected chi connectivity index (χ0v) is 13.5. The molecule has 0 saturated heterocycles. The van der Waals surface area contributed by atoms with E-state index in [2.05, 4.69) is 15.6 Å². The van der Waals surface area contributed by atoms with Crippen LogP contribution in [0.3, 0.4) is 0 Å². The van der Waals surface area contributed by atoms with Gasteiger partial charge >= 0.3 is 6.01 Å². The molecule has 126 valence electrons. The maximum Gasteiger partial charge on any atom is 0.302 e. The number of oxazole rings is 1. The zero-order valence-electron chi connectivity index (χ0n) is 13.5. The number of aromatic nitrogens is 1. The minimum atomic E-state index is -0.326. The monoisotopic (exact) mass is 327 g/mol. The third-order valence-electron chi connectivity index (χ3n) is 4.18. The van der Waals surface area contributed by atoms with E-state index in [0.29, 0.717) is 5.56 Å². The van der Waals surface area contributed by atoms with Crippen LogP contribution < -0.4 is 10.6 Å². The van der Waals surface area contributed by atoms with Crippen molar-refractivity contribution in [1.29, 1.82) is 0 Å². The van der Waals surface area contributed by atoms with Gasteiger partial charge in [-0.25, -0.2) is 0 Å². The molecular weight excluding hydrogens is 306 g/mol. The van der Waals surface area contributed by atoms with Crippen molar-refractivity contribution < 1.29 is 14.0 Å². The predicted molar refractivity (Wildman–Crippen MR) is 89.9 cm³/mol. The number of rotatable bonds is 4. The summed E-state index contributed by atoms with van der Waals surface area (Å²) in [5.41, 5.74) is 0.683. The Morgan fingerprint density at radius 2 is 1.71 bits per heavy atom. The van der Waals surface area contributed by atoms with E-state index in [1.54, 1.807) is 24.3 Å². The molecule has 6 nitrogen and oxygen atoms in total. The van der Waals surface area contributed by atoms with Crippen molar-refractivity contribution in [2.75, 3.05) is 5.32 Å². The van der Waals surface area contributed by atoms with Crippen molar-refractivity contribution in [3.63, 3.8) is 0 Å². The molecule has 1 aliphatic carbocycles. The molecule has 0 radical (unpaired) electrons. The molecule has 2 N–H and O–H groups in total. The third kappa shape index (κ3) is 4.22. The molecule has 0 aliphatic heterocycles. The third-order valence-corrected chi connectivity index (χ3v) is 4.18. The van der Waals surface area contributed by atoms with Crippen LogP contribution in [-0.4, -0.2) is 22.8 Å². The highest BCUT2D eigenvalue weighted by molar-refractivity contribution is 6.03. The highest BCUT2D eigenvalue weighted by Crippen LogP contribution is 2.18. The van der Waals surface area contributed by atoms with Crippen LogP contribution in [0.5, 0.6) is 0 Å².